The molecule has 0 spiro atoms. The zero-order valence-corrected chi connectivity index (χ0v) is 7.45. The van der Waals surface area contributed by atoms with Crippen molar-refractivity contribution in [3.05, 3.63) is 12.2 Å². The predicted octanol–water partition coefficient (Wildman–Crippen LogP) is -0.440. The Balaban J connectivity index is 4.00. The maximum atomic E-state index is 11.1. The smallest absolute Gasteiger partial charge is 0.331 e. The molecule has 0 aromatic rings. The Labute approximate surface area is 76.2 Å². The zero-order chi connectivity index (χ0) is 10.4. The van der Waals surface area contributed by atoms with E-state index in [4.69, 9.17) is 10.8 Å². The number of methoxy groups -OCH3 is 1. The number of aliphatic carboxylic acids is 1. The molecule has 5 heteroatoms. The van der Waals surface area contributed by atoms with E-state index < -0.39 is 12.0 Å². The number of nitrogens with two attached hydrogens (primary N) is 1. The minimum Gasteiger partial charge on any atom is -0.478 e. The molecule has 0 bridgehead atoms. The summed E-state index contributed by atoms with van der Waals surface area (Å²) in [7, 11) is 1.42. The molecule has 0 aliphatic heterocycles. The Morgan fingerprint density at radius 2 is 2.15 bits per heavy atom. The average Bonchev–Trinajstić information content (AvgIpc) is 2.04. The van der Waals surface area contributed by atoms with Crippen LogP contribution in [0.15, 0.2) is 12.2 Å². The van der Waals surface area contributed by atoms with Crippen molar-refractivity contribution in [2.75, 3.05) is 13.7 Å². The first-order valence-electron chi connectivity index (χ1n) is 3.67. The van der Waals surface area contributed by atoms with E-state index in [1.54, 1.807) is 0 Å². The SMILES string of the molecule is C=C(CC(=O)C(N)COC)C(=O)O. The fourth-order valence-electron chi connectivity index (χ4n) is 0.690. The zero-order valence-electron chi connectivity index (χ0n) is 7.45. The molecule has 0 saturated heterocycles. The van der Waals surface area contributed by atoms with Crippen molar-refractivity contribution in [1.82, 2.24) is 0 Å². The number of ether oxygens (including phenoxy) is 1. The minimum absolute atomic E-state index is 0.0890. The molecule has 0 radical (unpaired) electrons. The lowest BCUT2D eigenvalue weighted by molar-refractivity contribution is -0.134. The Kier molecular flexibility index (Phi) is 4.94. The fourth-order valence-corrected chi connectivity index (χ4v) is 0.690. The minimum atomic E-state index is -1.18. The number of rotatable bonds is 6. The molecule has 0 heterocycles. The summed E-state index contributed by atoms with van der Waals surface area (Å²) in [6.45, 7) is 3.31. The van der Waals surface area contributed by atoms with Gasteiger partial charge in [0.25, 0.3) is 0 Å². The molecule has 0 fully saturated rings. The number of Topliss-reactive ketones (excluding diaryl/α,β-unsaturated/α-hetero) is 1. The predicted molar refractivity (Wildman–Crippen MR) is 46.3 cm³/mol. The Morgan fingerprint density at radius 3 is 2.54 bits per heavy atom. The Hall–Kier alpha value is -1.20. The second-order valence-electron chi connectivity index (χ2n) is 2.61. The normalized spacial score (nSPS) is 12.2. The summed E-state index contributed by atoms with van der Waals surface area (Å²) in [6.07, 6.45) is -0.236. The molecule has 74 valence electrons. The van der Waals surface area contributed by atoms with Gasteiger partial charge >= 0.3 is 5.97 Å². The van der Waals surface area contributed by atoms with Crippen LogP contribution in [-0.2, 0) is 14.3 Å². The molecule has 1 atom stereocenters. The van der Waals surface area contributed by atoms with E-state index in [9.17, 15) is 9.59 Å². The van der Waals surface area contributed by atoms with Crippen molar-refractivity contribution in [3.8, 4) is 0 Å². The van der Waals surface area contributed by atoms with E-state index in [1.165, 1.54) is 7.11 Å². The van der Waals surface area contributed by atoms with Crippen LogP contribution in [0.25, 0.3) is 0 Å². The molecule has 1 unspecified atom stereocenters. The maximum Gasteiger partial charge on any atom is 0.331 e. The van der Waals surface area contributed by atoms with E-state index in [0.717, 1.165) is 0 Å². The lowest BCUT2D eigenvalue weighted by Gasteiger charge is -2.08. The van der Waals surface area contributed by atoms with Crippen LogP contribution in [0, 0.1) is 0 Å². The van der Waals surface area contributed by atoms with E-state index in [2.05, 4.69) is 11.3 Å². The highest BCUT2D eigenvalue weighted by Crippen LogP contribution is 2.01. The van der Waals surface area contributed by atoms with Gasteiger partial charge in [-0.2, -0.15) is 0 Å². The van der Waals surface area contributed by atoms with Crippen molar-refractivity contribution in [3.63, 3.8) is 0 Å². The summed E-state index contributed by atoms with van der Waals surface area (Å²) in [6, 6.07) is -0.777. The highest BCUT2D eigenvalue weighted by Gasteiger charge is 2.16. The van der Waals surface area contributed by atoms with E-state index >= 15 is 0 Å². The van der Waals surface area contributed by atoms with Crippen molar-refractivity contribution in [1.29, 1.82) is 0 Å². The van der Waals surface area contributed by atoms with Crippen LogP contribution >= 0.6 is 0 Å². The molecule has 0 rings (SSSR count). The molecule has 0 aromatic heterocycles. The summed E-state index contributed by atoms with van der Waals surface area (Å²) in [5.41, 5.74) is 5.21. The molecule has 0 aromatic carbocycles. The van der Waals surface area contributed by atoms with Crippen molar-refractivity contribution < 1.29 is 19.4 Å². The molecule has 5 nitrogen and oxygen atoms in total. The van der Waals surface area contributed by atoms with Crippen LogP contribution in [0.5, 0.6) is 0 Å². The van der Waals surface area contributed by atoms with Gasteiger partial charge in [-0.15, -0.1) is 0 Å². The summed E-state index contributed by atoms with van der Waals surface area (Å²) in [5, 5.41) is 8.42. The van der Waals surface area contributed by atoms with Gasteiger partial charge in [-0.3, -0.25) is 4.79 Å². The monoisotopic (exact) mass is 187 g/mol. The molecule has 13 heavy (non-hydrogen) atoms. The molecule has 0 amide bonds. The van der Waals surface area contributed by atoms with E-state index in [1.807, 2.05) is 0 Å². The Bertz CT molecular complexity index is 224. The van der Waals surface area contributed by atoms with Gasteiger partial charge in [-0.05, 0) is 0 Å². The van der Waals surface area contributed by atoms with Gasteiger partial charge in [0.1, 0.15) is 0 Å². The van der Waals surface area contributed by atoms with Crippen LogP contribution in [0.4, 0.5) is 0 Å². The van der Waals surface area contributed by atoms with Crippen LogP contribution in [0.1, 0.15) is 6.42 Å². The first-order valence-corrected chi connectivity index (χ1v) is 3.67. The second-order valence-corrected chi connectivity index (χ2v) is 2.61. The standard InChI is InChI=1S/C8H13NO4/c1-5(8(11)12)3-7(10)6(9)4-13-2/h6H,1,3-4,9H2,2H3,(H,11,12). The molecular weight excluding hydrogens is 174 g/mol. The summed E-state index contributed by atoms with van der Waals surface area (Å²) in [4.78, 5) is 21.4. The highest BCUT2D eigenvalue weighted by molar-refractivity contribution is 5.96. The van der Waals surface area contributed by atoms with Gasteiger partial charge in [0.15, 0.2) is 5.78 Å². The number of hydrogen-bond acceptors (Lipinski definition) is 4. The highest BCUT2D eigenvalue weighted by atomic mass is 16.5. The summed E-state index contributed by atoms with van der Waals surface area (Å²) < 4.78 is 4.64. The van der Waals surface area contributed by atoms with Crippen LogP contribution in [0.2, 0.25) is 0 Å². The lowest BCUT2D eigenvalue weighted by Crippen LogP contribution is -2.35. The van der Waals surface area contributed by atoms with E-state index in [0.29, 0.717) is 0 Å². The van der Waals surface area contributed by atoms with Gasteiger partial charge < -0.3 is 15.6 Å². The topological polar surface area (TPSA) is 89.6 Å². The van der Waals surface area contributed by atoms with Crippen molar-refractivity contribution in [2.24, 2.45) is 5.73 Å². The number of carboxylic acids is 1. The quantitative estimate of drug-likeness (QED) is 0.550. The van der Waals surface area contributed by atoms with Gasteiger partial charge in [-0.25, -0.2) is 4.79 Å². The first kappa shape index (κ1) is 11.8. The number of carboxylic acid groups (broad SMARTS) is 1. The number of carbonyl (C=O) groups is 2. The van der Waals surface area contributed by atoms with E-state index in [-0.39, 0.29) is 24.4 Å². The van der Waals surface area contributed by atoms with Crippen molar-refractivity contribution >= 4 is 11.8 Å². The molecule has 0 aliphatic carbocycles. The largest absolute Gasteiger partial charge is 0.478 e. The number of hydrogen-bond donors (Lipinski definition) is 2. The van der Waals surface area contributed by atoms with Crippen molar-refractivity contribution in [2.45, 2.75) is 12.5 Å². The third-order valence-corrected chi connectivity index (χ3v) is 1.45. The van der Waals surface area contributed by atoms with Gasteiger partial charge in [0.05, 0.1) is 12.6 Å². The van der Waals surface area contributed by atoms with Gasteiger partial charge in [-0.1, -0.05) is 6.58 Å². The molecular formula is C8H13NO4. The maximum absolute atomic E-state index is 11.1. The third kappa shape index (κ3) is 4.39. The lowest BCUT2D eigenvalue weighted by atomic mass is 10.1. The molecule has 3 N–H and O–H groups in total. The second kappa shape index (κ2) is 5.45. The van der Waals surface area contributed by atoms with Crippen LogP contribution in [0.3, 0.4) is 0 Å². The first-order chi connectivity index (χ1) is 5.99. The number of ketones is 1. The summed E-state index contributed by atoms with van der Waals surface area (Å²) >= 11 is 0. The number of carbonyl (C=O) groups excluding carboxylic acids is 1. The fraction of sp³-hybridized carbons (Fsp3) is 0.500. The Morgan fingerprint density at radius 1 is 1.62 bits per heavy atom. The molecule has 0 saturated carbocycles. The third-order valence-electron chi connectivity index (χ3n) is 1.45. The summed E-state index contributed by atoms with van der Waals surface area (Å²) in [5.74, 6) is -1.56. The van der Waals surface area contributed by atoms with Crippen LogP contribution < -0.4 is 5.73 Å². The van der Waals surface area contributed by atoms with Gasteiger partial charge in [0.2, 0.25) is 0 Å². The molecule has 0 aliphatic rings. The van der Waals surface area contributed by atoms with Gasteiger partial charge in [0, 0.05) is 19.1 Å². The van der Waals surface area contributed by atoms with Crippen LogP contribution in [-0.4, -0.2) is 36.6 Å². The average molecular weight is 187 g/mol.